The molecule has 128 valence electrons. The molecule has 0 fully saturated rings. The van der Waals surface area contributed by atoms with Crippen molar-refractivity contribution in [2.45, 2.75) is 32.9 Å². The number of ether oxygens (including phenoxy) is 2. The number of rotatable bonds is 4. The van der Waals surface area contributed by atoms with Crippen LogP contribution in [0.5, 0.6) is 11.6 Å². The minimum Gasteiger partial charge on any atom is -0.444 e. The Morgan fingerprint density at radius 1 is 1.29 bits per heavy atom. The summed E-state index contributed by atoms with van der Waals surface area (Å²) in [6.45, 7) is 5.65. The molecule has 1 amide bonds. The first kappa shape index (κ1) is 18.0. The Labute approximate surface area is 144 Å². The van der Waals surface area contributed by atoms with E-state index in [1.165, 1.54) is 12.1 Å². The van der Waals surface area contributed by atoms with Crippen molar-refractivity contribution in [1.29, 1.82) is 0 Å². The third kappa shape index (κ3) is 5.70. The molecule has 1 aromatic heterocycles. The highest BCUT2D eigenvalue weighted by molar-refractivity contribution is 6.30. The molecule has 0 aliphatic carbocycles. The number of pyridine rings is 1. The van der Waals surface area contributed by atoms with Gasteiger partial charge in [-0.25, -0.2) is 14.2 Å². The number of halogens is 2. The Balaban J connectivity index is 1.90. The summed E-state index contributed by atoms with van der Waals surface area (Å²) >= 11 is 5.61. The highest BCUT2D eigenvalue weighted by Crippen LogP contribution is 2.24. The van der Waals surface area contributed by atoms with Gasteiger partial charge in [-0.1, -0.05) is 17.7 Å². The quantitative estimate of drug-likeness (QED) is 0.867. The number of carbonyl (C=O) groups is 1. The smallest absolute Gasteiger partial charge is 0.407 e. The molecule has 5 nitrogen and oxygen atoms in total. The van der Waals surface area contributed by atoms with Gasteiger partial charge in [-0.2, -0.15) is 0 Å². The number of alkyl carbamates (subject to hydrolysis) is 1. The lowest BCUT2D eigenvalue weighted by molar-refractivity contribution is 0.0523. The molecule has 0 saturated carbocycles. The van der Waals surface area contributed by atoms with Crippen molar-refractivity contribution in [3.63, 3.8) is 0 Å². The van der Waals surface area contributed by atoms with E-state index in [2.05, 4.69) is 10.3 Å². The first-order valence-electron chi connectivity index (χ1n) is 7.27. The van der Waals surface area contributed by atoms with Crippen LogP contribution >= 0.6 is 11.6 Å². The zero-order chi connectivity index (χ0) is 17.7. The monoisotopic (exact) mass is 352 g/mol. The molecule has 2 aromatic rings. The van der Waals surface area contributed by atoms with Crippen LogP contribution in [0.15, 0.2) is 36.5 Å². The number of aromatic nitrogens is 1. The highest BCUT2D eigenvalue weighted by atomic mass is 35.5. The van der Waals surface area contributed by atoms with Crippen molar-refractivity contribution in [2.75, 3.05) is 0 Å². The molecule has 2 rings (SSSR count). The second-order valence-corrected chi connectivity index (χ2v) is 6.45. The van der Waals surface area contributed by atoms with Crippen molar-refractivity contribution in [2.24, 2.45) is 0 Å². The predicted molar refractivity (Wildman–Crippen MR) is 88.8 cm³/mol. The summed E-state index contributed by atoms with van der Waals surface area (Å²) in [6, 6.07) is 7.50. The van der Waals surface area contributed by atoms with E-state index < -0.39 is 17.5 Å². The van der Waals surface area contributed by atoms with E-state index in [1.807, 2.05) is 0 Å². The molecule has 1 aromatic carbocycles. The molecule has 0 unspecified atom stereocenters. The SMILES string of the molecule is CC(C)(C)OC(=O)NCc1ccc(Oc2ccc(Cl)c(F)c2)nc1. The van der Waals surface area contributed by atoms with Crippen LogP contribution in [0.3, 0.4) is 0 Å². The molecule has 1 heterocycles. The van der Waals surface area contributed by atoms with E-state index in [4.69, 9.17) is 21.1 Å². The lowest BCUT2D eigenvalue weighted by Crippen LogP contribution is -2.32. The number of amides is 1. The number of benzene rings is 1. The van der Waals surface area contributed by atoms with Gasteiger partial charge in [-0.3, -0.25) is 0 Å². The van der Waals surface area contributed by atoms with Crippen LogP contribution in [-0.4, -0.2) is 16.7 Å². The van der Waals surface area contributed by atoms with Crippen molar-refractivity contribution in [3.8, 4) is 11.6 Å². The van der Waals surface area contributed by atoms with E-state index in [0.29, 0.717) is 11.6 Å². The van der Waals surface area contributed by atoms with Crippen molar-refractivity contribution in [1.82, 2.24) is 10.3 Å². The van der Waals surface area contributed by atoms with Crippen LogP contribution in [0.1, 0.15) is 26.3 Å². The standard InChI is InChI=1S/C17H18ClFN2O3/c1-17(2,3)24-16(22)21-10-11-4-7-15(20-9-11)23-12-5-6-13(18)14(19)8-12/h4-9H,10H2,1-3H3,(H,21,22). The molecule has 24 heavy (non-hydrogen) atoms. The molecule has 0 aliphatic heterocycles. The summed E-state index contributed by atoms with van der Waals surface area (Å²) in [5, 5.41) is 2.66. The Kier molecular flexibility index (Phi) is 5.62. The van der Waals surface area contributed by atoms with Gasteiger partial charge in [0, 0.05) is 24.9 Å². The minimum absolute atomic E-state index is 0.0267. The molecule has 0 aliphatic rings. The van der Waals surface area contributed by atoms with Gasteiger partial charge < -0.3 is 14.8 Å². The molecule has 0 atom stereocenters. The molecular weight excluding hydrogens is 335 g/mol. The van der Waals surface area contributed by atoms with Gasteiger partial charge in [-0.05, 0) is 38.5 Å². The molecule has 7 heteroatoms. The van der Waals surface area contributed by atoms with Crippen LogP contribution in [0.2, 0.25) is 5.02 Å². The number of nitrogens with one attached hydrogen (secondary N) is 1. The van der Waals surface area contributed by atoms with Crippen LogP contribution in [-0.2, 0) is 11.3 Å². The van der Waals surface area contributed by atoms with Crippen LogP contribution in [0, 0.1) is 5.82 Å². The van der Waals surface area contributed by atoms with Crippen LogP contribution in [0.4, 0.5) is 9.18 Å². The summed E-state index contributed by atoms with van der Waals surface area (Å²) in [5.41, 5.74) is 0.226. The van der Waals surface area contributed by atoms with Gasteiger partial charge >= 0.3 is 6.09 Å². The van der Waals surface area contributed by atoms with E-state index >= 15 is 0 Å². The summed E-state index contributed by atoms with van der Waals surface area (Å²) in [7, 11) is 0. The number of hydrogen-bond acceptors (Lipinski definition) is 4. The van der Waals surface area contributed by atoms with Crippen molar-refractivity contribution >= 4 is 17.7 Å². The van der Waals surface area contributed by atoms with Gasteiger partial charge in [0.2, 0.25) is 5.88 Å². The number of nitrogens with zero attached hydrogens (tertiary/aromatic N) is 1. The fraction of sp³-hybridized carbons (Fsp3) is 0.294. The van der Waals surface area contributed by atoms with Crippen LogP contribution in [0.25, 0.3) is 0 Å². The molecule has 0 bridgehead atoms. The summed E-state index contributed by atoms with van der Waals surface area (Å²) in [5.74, 6) is 0.0362. The Bertz CT molecular complexity index is 715. The van der Waals surface area contributed by atoms with Crippen molar-refractivity contribution in [3.05, 3.63) is 52.9 Å². The van der Waals surface area contributed by atoms with E-state index in [9.17, 15) is 9.18 Å². The highest BCUT2D eigenvalue weighted by Gasteiger charge is 2.15. The lowest BCUT2D eigenvalue weighted by atomic mass is 10.2. The Morgan fingerprint density at radius 2 is 2.04 bits per heavy atom. The van der Waals surface area contributed by atoms with Gasteiger partial charge in [0.1, 0.15) is 17.2 Å². The van der Waals surface area contributed by atoms with E-state index in [-0.39, 0.29) is 11.6 Å². The minimum atomic E-state index is -0.563. The van der Waals surface area contributed by atoms with E-state index in [1.54, 1.807) is 45.2 Å². The van der Waals surface area contributed by atoms with Gasteiger partial charge in [0.25, 0.3) is 0 Å². The first-order chi connectivity index (χ1) is 11.2. The molecule has 0 spiro atoms. The molecule has 0 radical (unpaired) electrons. The zero-order valence-corrected chi connectivity index (χ0v) is 14.4. The zero-order valence-electron chi connectivity index (χ0n) is 13.6. The molecule has 1 N–H and O–H groups in total. The summed E-state index contributed by atoms with van der Waals surface area (Å²) < 4.78 is 23.9. The first-order valence-corrected chi connectivity index (χ1v) is 7.65. The topological polar surface area (TPSA) is 60.5 Å². The Hall–Kier alpha value is -2.34. The lowest BCUT2D eigenvalue weighted by Gasteiger charge is -2.19. The maximum Gasteiger partial charge on any atom is 0.407 e. The number of hydrogen-bond donors (Lipinski definition) is 1. The third-order valence-corrected chi connectivity index (χ3v) is 3.05. The van der Waals surface area contributed by atoms with Gasteiger partial charge in [0.15, 0.2) is 0 Å². The summed E-state index contributed by atoms with van der Waals surface area (Å²) in [4.78, 5) is 15.7. The van der Waals surface area contributed by atoms with Gasteiger partial charge in [0.05, 0.1) is 5.02 Å². The second kappa shape index (κ2) is 7.49. The fourth-order valence-electron chi connectivity index (χ4n) is 1.73. The average molecular weight is 353 g/mol. The Morgan fingerprint density at radius 3 is 2.62 bits per heavy atom. The average Bonchev–Trinajstić information content (AvgIpc) is 2.49. The summed E-state index contributed by atoms with van der Waals surface area (Å²) in [6.07, 6.45) is 1.05. The normalized spacial score (nSPS) is 11.0. The largest absolute Gasteiger partial charge is 0.444 e. The van der Waals surface area contributed by atoms with E-state index in [0.717, 1.165) is 5.56 Å². The fourth-order valence-corrected chi connectivity index (χ4v) is 1.84. The van der Waals surface area contributed by atoms with Crippen LogP contribution < -0.4 is 10.1 Å². The maximum atomic E-state index is 13.4. The number of carbonyl (C=O) groups excluding carboxylic acids is 1. The van der Waals surface area contributed by atoms with Gasteiger partial charge in [-0.15, -0.1) is 0 Å². The van der Waals surface area contributed by atoms with Crippen molar-refractivity contribution < 1.29 is 18.7 Å². The molecule has 0 saturated heterocycles. The third-order valence-electron chi connectivity index (χ3n) is 2.75. The molecular formula is C17H18ClFN2O3. The maximum absolute atomic E-state index is 13.4. The predicted octanol–water partition coefficient (Wildman–Crippen LogP) is 4.69. The second-order valence-electron chi connectivity index (χ2n) is 6.04.